The first kappa shape index (κ1) is 20.0. The number of anilines is 1. The van der Waals surface area contributed by atoms with Crippen LogP contribution < -0.4 is 10.2 Å². The predicted octanol–water partition coefficient (Wildman–Crippen LogP) is 4.92. The Hall–Kier alpha value is -2.75. The Morgan fingerprint density at radius 1 is 1.07 bits per heavy atom. The van der Waals surface area contributed by atoms with Gasteiger partial charge in [-0.15, -0.1) is 0 Å². The number of fused-ring (bicyclic) bond motifs is 1. The van der Waals surface area contributed by atoms with E-state index in [2.05, 4.69) is 84.6 Å². The number of aromatic amines is 1. The van der Waals surface area contributed by atoms with Gasteiger partial charge in [0.1, 0.15) is 0 Å². The summed E-state index contributed by atoms with van der Waals surface area (Å²) in [6.07, 6.45) is 2.60. The second-order valence-electron chi connectivity index (χ2n) is 8.87. The number of benzene rings is 2. The van der Waals surface area contributed by atoms with E-state index in [-0.39, 0.29) is 17.2 Å². The molecule has 4 nitrogen and oxygen atoms in total. The molecular formula is C24H31N3O. The fraction of sp³-hybridized carbons (Fsp3) is 0.375. The van der Waals surface area contributed by atoms with Gasteiger partial charge in [-0.05, 0) is 34.7 Å². The lowest BCUT2D eigenvalue weighted by Crippen LogP contribution is -2.31. The van der Waals surface area contributed by atoms with Gasteiger partial charge in [-0.2, -0.15) is 0 Å². The number of nitrogens with one attached hydrogen (secondary N) is 2. The number of carbonyl (C=O) groups excluding carboxylic acids is 1. The van der Waals surface area contributed by atoms with Gasteiger partial charge in [-0.25, -0.2) is 0 Å². The van der Waals surface area contributed by atoms with Crippen LogP contribution in [0.2, 0.25) is 0 Å². The van der Waals surface area contributed by atoms with Crippen LogP contribution in [0.5, 0.6) is 0 Å². The van der Waals surface area contributed by atoms with Gasteiger partial charge in [-0.1, -0.05) is 51.1 Å². The number of amides is 1. The normalized spacial score (nSPS) is 12.8. The van der Waals surface area contributed by atoms with E-state index in [0.717, 1.165) is 11.2 Å². The molecule has 3 rings (SSSR count). The van der Waals surface area contributed by atoms with Crippen molar-refractivity contribution in [3.8, 4) is 0 Å². The lowest BCUT2D eigenvalue weighted by atomic mass is 9.89. The zero-order valence-corrected chi connectivity index (χ0v) is 17.5. The molecular weight excluding hydrogens is 346 g/mol. The minimum atomic E-state index is -0.0201. The minimum Gasteiger partial charge on any atom is -0.378 e. The molecule has 0 fully saturated rings. The van der Waals surface area contributed by atoms with E-state index in [1.165, 1.54) is 16.5 Å². The predicted molar refractivity (Wildman–Crippen MR) is 118 cm³/mol. The van der Waals surface area contributed by atoms with Crippen molar-refractivity contribution in [1.29, 1.82) is 0 Å². The van der Waals surface area contributed by atoms with Gasteiger partial charge in [0.15, 0.2) is 0 Å². The largest absolute Gasteiger partial charge is 0.378 e. The van der Waals surface area contributed by atoms with Gasteiger partial charge >= 0.3 is 0 Å². The molecule has 0 spiro atoms. The van der Waals surface area contributed by atoms with Crippen LogP contribution in [0.4, 0.5) is 5.69 Å². The molecule has 0 saturated heterocycles. The van der Waals surface area contributed by atoms with Gasteiger partial charge in [0.25, 0.3) is 0 Å². The Labute approximate surface area is 167 Å². The van der Waals surface area contributed by atoms with E-state index in [1.807, 2.05) is 20.2 Å². The van der Waals surface area contributed by atoms with Crippen LogP contribution in [0.3, 0.4) is 0 Å². The molecule has 0 aliphatic heterocycles. The molecule has 0 saturated carbocycles. The van der Waals surface area contributed by atoms with E-state index in [9.17, 15) is 4.79 Å². The number of para-hydroxylation sites is 1. The number of nitrogens with zero attached hydrogens (tertiary/aromatic N) is 1. The van der Waals surface area contributed by atoms with Gasteiger partial charge in [0.05, 0.1) is 0 Å². The molecule has 0 aliphatic rings. The molecule has 28 heavy (non-hydrogen) atoms. The standard InChI is InChI=1S/C24H31N3O/c1-24(2,3)14-23(28)26-15-20(17-10-12-18(13-11-17)27(4)5)21-16-25-22-9-7-6-8-19(21)22/h6-13,16,20,25H,14-15H2,1-5H3,(H,26,28)/t20-/m1/s1. The summed E-state index contributed by atoms with van der Waals surface area (Å²) in [7, 11) is 4.08. The van der Waals surface area contributed by atoms with Gasteiger partial charge in [0, 0.05) is 55.8 Å². The average Bonchev–Trinajstić information content (AvgIpc) is 3.05. The van der Waals surface area contributed by atoms with E-state index < -0.39 is 0 Å². The van der Waals surface area contributed by atoms with E-state index in [1.54, 1.807) is 0 Å². The van der Waals surface area contributed by atoms with Gasteiger partial charge < -0.3 is 15.2 Å². The van der Waals surface area contributed by atoms with E-state index >= 15 is 0 Å². The maximum atomic E-state index is 12.4. The lowest BCUT2D eigenvalue weighted by molar-refractivity contribution is -0.122. The molecule has 4 heteroatoms. The number of hydrogen-bond donors (Lipinski definition) is 2. The summed E-state index contributed by atoms with van der Waals surface area (Å²) >= 11 is 0. The van der Waals surface area contributed by atoms with E-state index in [4.69, 9.17) is 0 Å². The molecule has 148 valence electrons. The third kappa shape index (κ3) is 4.75. The van der Waals surface area contributed by atoms with Crippen molar-refractivity contribution in [2.24, 2.45) is 5.41 Å². The summed E-state index contributed by atoms with van der Waals surface area (Å²) in [5.74, 6) is 0.193. The third-order valence-corrected chi connectivity index (χ3v) is 5.00. The number of H-pyrrole nitrogens is 1. The quantitative estimate of drug-likeness (QED) is 0.641. The summed E-state index contributed by atoms with van der Waals surface area (Å²) in [6.45, 7) is 6.84. The first-order chi connectivity index (χ1) is 13.2. The third-order valence-electron chi connectivity index (χ3n) is 5.00. The lowest BCUT2D eigenvalue weighted by Gasteiger charge is -2.22. The van der Waals surface area contributed by atoms with Gasteiger partial charge in [-0.3, -0.25) is 4.79 Å². The number of hydrogen-bond acceptors (Lipinski definition) is 2. The van der Waals surface area contributed by atoms with Crippen molar-refractivity contribution >= 4 is 22.5 Å². The highest BCUT2D eigenvalue weighted by Gasteiger charge is 2.21. The zero-order valence-electron chi connectivity index (χ0n) is 17.5. The Morgan fingerprint density at radius 2 is 1.75 bits per heavy atom. The first-order valence-corrected chi connectivity index (χ1v) is 9.84. The smallest absolute Gasteiger partial charge is 0.220 e. The molecule has 0 radical (unpaired) electrons. The molecule has 1 amide bonds. The zero-order chi connectivity index (χ0) is 20.3. The monoisotopic (exact) mass is 377 g/mol. The Bertz CT molecular complexity index is 932. The van der Waals surface area contributed by atoms with E-state index in [0.29, 0.717) is 13.0 Å². The number of carbonyl (C=O) groups is 1. The topological polar surface area (TPSA) is 48.1 Å². The minimum absolute atomic E-state index is 0.0201. The van der Waals surface area contributed by atoms with Crippen molar-refractivity contribution in [3.63, 3.8) is 0 Å². The summed E-state index contributed by atoms with van der Waals surface area (Å²) < 4.78 is 0. The van der Waals surface area contributed by atoms with Crippen molar-refractivity contribution < 1.29 is 4.79 Å². The van der Waals surface area contributed by atoms with Crippen LogP contribution in [0.15, 0.2) is 54.7 Å². The van der Waals surface area contributed by atoms with Crippen molar-refractivity contribution in [1.82, 2.24) is 10.3 Å². The summed E-state index contributed by atoms with van der Waals surface area (Å²) in [5, 5.41) is 4.37. The summed E-state index contributed by atoms with van der Waals surface area (Å²) in [5.41, 5.74) is 4.68. The molecule has 1 aromatic heterocycles. The molecule has 1 atom stereocenters. The van der Waals surface area contributed by atoms with Crippen LogP contribution >= 0.6 is 0 Å². The second kappa shape index (κ2) is 8.09. The van der Waals surface area contributed by atoms with Crippen LogP contribution in [-0.2, 0) is 4.79 Å². The molecule has 1 heterocycles. The fourth-order valence-electron chi connectivity index (χ4n) is 3.55. The first-order valence-electron chi connectivity index (χ1n) is 9.84. The Kier molecular flexibility index (Phi) is 5.78. The average molecular weight is 378 g/mol. The summed E-state index contributed by atoms with van der Waals surface area (Å²) in [6, 6.07) is 16.9. The maximum Gasteiger partial charge on any atom is 0.220 e. The molecule has 0 unspecified atom stereocenters. The van der Waals surface area contributed by atoms with Crippen LogP contribution in [0, 0.1) is 5.41 Å². The number of aromatic nitrogens is 1. The van der Waals surface area contributed by atoms with Crippen LogP contribution in [0.25, 0.3) is 10.9 Å². The highest BCUT2D eigenvalue weighted by molar-refractivity contribution is 5.84. The number of rotatable bonds is 6. The fourth-order valence-corrected chi connectivity index (χ4v) is 3.55. The molecule has 3 aromatic rings. The second-order valence-corrected chi connectivity index (χ2v) is 8.87. The van der Waals surface area contributed by atoms with Crippen LogP contribution in [0.1, 0.15) is 44.2 Å². The highest BCUT2D eigenvalue weighted by atomic mass is 16.1. The Balaban J connectivity index is 1.91. The maximum absolute atomic E-state index is 12.4. The molecule has 0 aliphatic carbocycles. The van der Waals surface area contributed by atoms with Crippen LogP contribution in [-0.4, -0.2) is 31.5 Å². The van der Waals surface area contributed by atoms with Crippen molar-refractivity contribution in [3.05, 3.63) is 65.9 Å². The Morgan fingerprint density at radius 3 is 2.39 bits per heavy atom. The molecule has 2 N–H and O–H groups in total. The molecule has 0 bridgehead atoms. The SMILES string of the molecule is CN(C)c1ccc([C@@H](CNC(=O)CC(C)(C)C)c2c[nH]c3ccccc23)cc1. The van der Waals surface area contributed by atoms with Crippen molar-refractivity contribution in [2.45, 2.75) is 33.1 Å². The van der Waals surface area contributed by atoms with Gasteiger partial charge in [0.2, 0.25) is 5.91 Å². The van der Waals surface area contributed by atoms with Crippen molar-refractivity contribution in [2.75, 3.05) is 25.5 Å². The summed E-state index contributed by atoms with van der Waals surface area (Å²) in [4.78, 5) is 17.9. The highest BCUT2D eigenvalue weighted by Crippen LogP contribution is 2.31. The molecule has 2 aromatic carbocycles.